The average Bonchev–Trinajstić information content (AvgIpc) is 3.37. The molecule has 1 N–H and O–H groups in total. The van der Waals surface area contributed by atoms with Crippen LogP contribution in [0.25, 0.3) is 0 Å². The highest BCUT2D eigenvalue weighted by Crippen LogP contribution is 2.19. The summed E-state index contributed by atoms with van der Waals surface area (Å²) in [6, 6.07) is 0. The molecule has 5 nitrogen and oxygen atoms in total. The Labute approximate surface area is 444 Å². The molecule has 0 rings (SSSR count). The molecule has 0 aliphatic rings. The van der Waals surface area contributed by atoms with Crippen molar-refractivity contribution in [1.29, 1.82) is 0 Å². The molecule has 0 aromatic rings. The van der Waals surface area contributed by atoms with Crippen LogP contribution < -0.4 is 0 Å². The molecule has 0 heterocycles. The van der Waals surface area contributed by atoms with Crippen LogP contribution >= 0.6 is 0 Å². The Kier molecular flexibility index (Phi) is 61.2. The van der Waals surface area contributed by atoms with E-state index in [1.165, 1.54) is 302 Å². The second kappa shape index (κ2) is 62.7. The summed E-state index contributed by atoms with van der Waals surface area (Å²) in [4.78, 5) is 24.6. The molecule has 0 fully saturated rings. The quantitative estimate of drug-likeness (QED) is 0.0373. The SMILES string of the molecule is CCCCCCC/C=C\C/C=C\CCCCCCCCCCCCCCCCCC(=O)OC(CO)COC(=O)CCCCCCCCCCCCCCCCCCCCCCCCCCCCCCCC. The molecule has 71 heavy (non-hydrogen) atoms. The third kappa shape index (κ3) is 60.8. The molecule has 1 unspecified atom stereocenters. The molecule has 420 valence electrons. The summed E-state index contributed by atoms with van der Waals surface area (Å²) in [5, 5.41) is 9.68. The topological polar surface area (TPSA) is 72.8 Å². The number of aliphatic hydroxyl groups excluding tert-OH is 1. The first-order valence-corrected chi connectivity index (χ1v) is 32.4. The summed E-state index contributed by atoms with van der Waals surface area (Å²) >= 11 is 0. The molecule has 1 atom stereocenters. The van der Waals surface area contributed by atoms with Crippen LogP contribution in [0.1, 0.15) is 367 Å². The number of hydrogen-bond donors (Lipinski definition) is 1. The van der Waals surface area contributed by atoms with Crippen molar-refractivity contribution in [2.45, 2.75) is 373 Å². The number of aliphatic hydroxyl groups is 1. The van der Waals surface area contributed by atoms with Gasteiger partial charge in [0.05, 0.1) is 6.61 Å². The van der Waals surface area contributed by atoms with E-state index in [9.17, 15) is 14.7 Å². The Balaban J connectivity index is 3.39. The van der Waals surface area contributed by atoms with E-state index in [-0.39, 0.29) is 25.2 Å². The Morgan fingerprint density at radius 3 is 0.831 bits per heavy atom. The zero-order valence-corrected chi connectivity index (χ0v) is 48.3. The molecule has 0 aromatic heterocycles. The number of rotatable bonds is 61. The molecule has 0 saturated heterocycles. The Morgan fingerprint density at radius 2 is 0.563 bits per heavy atom. The van der Waals surface area contributed by atoms with Gasteiger partial charge in [-0.1, -0.05) is 334 Å². The number of carbonyl (C=O) groups is 2. The number of hydrogen-bond acceptors (Lipinski definition) is 5. The lowest BCUT2D eigenvalue weighted by molar-refractivity contribution is -0.161. The standard InChI is InChI=1S/C66H126O5/c1-3-5-7-9-11-13-15-17-19-21-23-25-27-29-31-32-33-35-36-38-40-42-44-46-48-50-52-54-56-58-60-65(68)70-63-64(62-67)71-66(69)61-59-57-55-53-51-49-47-45-43-41-39-37-34-30-28-26-24-22-20-18-16-14-12-10-8-6-4-2/h16,18,22,24,64,67H,3-15,17,19-21,23,25-63H2,1-2H3/b18-16-,24-22-. The van der Waals surface area contributed by atoms with Gasteiger partial charge in [-0.15, -0.1) is 0 Å². The minimum absolute atomic E-state index is 0.0589. The summed E-state index contributed by atoms with van der Waals surface area (Å²) in [6.45, 7) is 4.19. The first-order chi connectivity index (χ1) is 35.1. The van der Waals surface area contributed by atoms with Crippen molar-refractivity contribution >= 4 is 11.9 Å². The lowest BCUT2D eigenvalue weighted by Crippen LogP contribution is -2.28. The van der Waals surface area contributed by atoms with E-state index in [2.05, 4.69) is 38.2 Å². The maximum atomic E-state index is 12.3. The van der Waals surface area contributed by atoms with E-state index in [1.54, 1.807) is 0 Å². The van der Waals surface area contributed by atoms with Crippen LogP contribution in [-0.2, 0) is 19.1 Å². The molecule has 0 saturated carbocycles. The maximum absolute atomic E-state index is 12.3. The van der Waals surface area contributed by atoms with Gasteiger partial charge < -0.3 is 14.6 Å². The van der Waals surface area contributed by atoms with Crippen LogP contribution in [-0.4, -0.2) is 36.4 Å². The van der Waals surface area contributed by atoms with Crippen molar-refractivity contribution in [2.75, 3.05) is 13.2 Å². The molecule has 0 amide bonds. The summed E-state index contributed by atoms with van der Waals surface area (Å²) in [5.74, 6) is -0.567. The highest BCUT2D eigenvalue weighted by Gasteiger charge is 2.16. The summed E-state index contributed by atoms with van der Waals surface area (Å²) in [7, 11) is 0. The van der Waals surface area contributed by atoms with Crippen molar-refractivity contribution in [1.82, 2.24) is 0 Å². The zero-order valence-electron chi connectivity index (χ0n) is 48.3. The first kappa shape index (κ1) is 69.4. The van der Waals surface area contributed by atoms with Gasteiger partial charge in [0.25, 0.3) is 0 Å². The van der Waals surface area contributed by atoms with Gasteiger partial charge in [0.1, 0.15) is 6.61 Å². The fourth-order valence-electron chi connectivity index (χ4n) is 10.1. The van der Waals surface area contributed by atoms with Crippen molar-refractivity contribution in [3.63, 3.8) is 0 Å². The van der Waals surface area contributed by atoms with E-state index < -0.39 is 6.10 Å². The molecule has 0 spiro atoms. The van der Waals surface area contributed by atoms with E-state index in [1.807, 2.05) is 0 Å². The molecule has 0 aliphatic carbocycles. The Morgan fingerprint density at radius 1 is 0.324 bits per heavy atom. The third-order valence-corrected chi connectivity index (χ3v) is 15.0. The van der Waals surface area contributed by atoms with Gasteiger partial charge in [0, 0.05) is 12.8 Å². The van der Waals surface area contributed by atoms with E-state index in [4.69, 9.17) is 9.47 Å². The maximum Gasteiger partial charge on any atom is 0.306 e. The van der Waals surface area contributed by atoms with Crippen LogP contribution in [0.4, 0.5) is 0 Å². The number of esters is 2. The van der Waals surface area contributed by atoms with Gasteiger partial charge in [-0.2, -0.15) is 0 Å². The van der Waals surface area contributed by atoms with Crippen molar-refractivity contribution in [3.05, 3.63) is 24.3 Å². The fraction of sp³-hybridized carbons (Fsp3) is 0.909. The number of ether oxygens (including phenoxy) is 2. The number of allylic oxidation sites excluding steroid dienone is 4. The van der Waals surface area contributed by atoms with Gasteiger partial charge in [-0.25, -0.2) is 0 Å². The lowest BCUT2D eigenvalue weighted by atomic mass is 10.0. The average molecular weight is 1000 g/mol. The van der Waals surface area contributed by atoms with Gasteiger partial charge in [-0.05, 0) is 44.9 Å². The second-order valence-electron chi connectivity index (χ2n) is 22.2. The molecule has 0 bridgehead atoms. The van der Waals surface area contributed by atoms with Crippen LogP contribution in [0.5, 0.6) is 0 Å². The summed E-state index contributed by atoms with van der Waals surface area (Å²) < 4.78 is 10.7. The lowest BCUT2D eigenvalue weighted by Gasteiger charge is -2.15. The summed E-state index contributed by atoms with van der Waals surface area (Å²) in [5.41, 5.74) is 0. The third-order valence-electron chi connectivity index (χ3n) is 15.0. The molecule has 5 heteroatoms. The van der Waals surface area contributed by atoms with Gasteiger partial charge in [0.2, 0.25) is 0 Å². The highest BCUT2D eigenvalue weighted by atomic mass is 16.6. The highest BCUT2D eigenvalue weighted by molar-refractivity contribution is 5.70. The number of carbonyl (C=O) groups excluding carboxylic acids is 2. The van der Waals surface area contributed by atoms with Gasteiger partial charge in [-0.3, -0.25) is 9.59 Å². The van der Waals surface area contributed by atoms with E-state index in [0.29, 0.717) is 12.8 Å². The summed E-state index contributed by atoms with van der Waals surface area (Å²) in [6.07, 6.45) is 80.5. The van der Waals surface area contributed by atoms with Crippen LogP contribution in [0.2, 0.25) is 0 Å². The second-order valence-corrected chi connectivity index (χ2v) is 22.2. The monoisotopic (exact) mass is 999 g/mol. The molecular formula is C66H126O5. The normalized spacial score (nSPS) is 12.2. The Hall–Kier alpha value is -1.62. The molecule has 0 aliphatic heterocycles. The zero-order chi connectivity index (χ0) is 51.3. The van der Waals surface area contributed by atoms with Crippen LogP contribution in [0, 0.1) is 0 Å². The van der Waals surface area contributed by atoms with E-state index >= 15 is 0 Å². The minimum atomic E-state index is -0.769. The predicted octanol–water partition coefficient (Wildman–Crippen LogP) is 22.0. The smallest absolute Gasteiger partial charge is 0.306 e. The van der Waals surface area contributed by atoms with Gasteiger partial charge >= 0.3 is 11.9 Å². The molecule has 0 radical (unpaired) electrons. The molecule has 0 aromatic carbocycles. The van der Waals surface area contributed by atoms with E-state index in [0.717, 1.165) is 38.5 Å². The predicted molar refractivity (Wildman–Crippen MR) is 311 cm³/mol. The first-order valence-electron chi connectivity index (χ1n) is 32.4. The molecular weight excluding hydrogens is 873 g/mol. The van der Waals surface area contributed by atoms with Crippen molar-refractivity contribution in [2.24, 2.45) is 0 Å². The van der Waals surface area contributed by atoms with Crippen molar-refractivity contribution < 1.29 is 24.2 Å². The largest absolute Gasteiger partial charge is 0.462 e. The minimum Gasteiger partial charge on any atom is -0.462 e. The van der Waals surface area contributed by atoms with Gasteiger partial charge in [0.15, 0.2) is 6.10 Å². The number of unbranched alkanes of at least 4 members (excludes halogenated alkanes) is 49. The van der Waals surface area contributed by atoms with Crippen LogP contribution in [0.3, 0.4) is 0 Å². The Bertz CT molecular complexity index is 1080. The van der Waals surface area contributed by atoms with Crippen molar-refractivity contribution in [3.8, 4) is 0 Å². The van der Waals surface area contributed by atoms with Crippen LogP contribution in [0.15, 0.2) is 24.3 Å². The fourth-order valence-corrected chi connectivity index (χ4v) is 10.1.